The molecule has 0 amide bonds. The first kappa shape index (κ1) is 22.5. The van der Waals surface area contributed by atoms with Gasteiger partial charge in [-0.2, -0.15) is 8.61 Å². The Morgan fingerprint density at radius 1 is 0.690 bits per heavy atom. The summed E-state index contributed by atoms with van der Waals surface area (Å²) < 4.78 is 54.7. The monoisotopic (exact) mass is 476 g/mol. The maximum absolute atomic E-state index is 13.0. The van der Waals surface area contributed by atoms with Crippen LogP contribution in [0.5, 0.6) is 0 Å². The van der Waals surface area contributed by atoms with Gasteiger partial charge >= 0.3 is 0 Å². The van der Waals surface area contributed by atoms with E-state index in [-0.39, 0.29) is 36.0 Å². The molecule has 0 radical (unpaired) electrons. The van der Waals surface area contributed by atoms with Crippen molar-refractivity contribution in [1.82, 2.24) is 8.61 Å². The fourth-order valence-electron chi connectivity index (χ4n) is 3.20. The van der Waals surface area contributed by atoms with Gasteiger partial charge in [-0.3, -0.25) is 0 Å². The van der Waals surface area contributed by atoms with Crippen LogP contribution >= 0.6 is 23.2 Å². The second kappa shape index (κ2) is 8.53. The van der Waals surface area contributed by atoms with E-state index in [2.05, 4.69) is 0 Å². The number of sulfonamides is 2. The van der Waals surface area contributed by atoms with E-state index in [0.29, 0.717) is 27.6 Å². The Bertz CT molecular complexity index is 1050. The molecule has 158 valence electrons. The Balaban J connectivity index is 1.82. The van der Waals surface area contributed by atoms with Gasteiger partial charge in [-0.1, -0.05) is 23.2 Å². The standard InChI is InChI=1S/C19H22Cl2N2O4S2/c1-14-12-16(4-6-18(14)20)28(24,25)22-8-3-9-23(11-10-22)29(26,27)17-5-7-19(21)15(2)13-17/h4-7,12-13H,3,8-11H2,1-2H3. The third kappa shape index (κ3) is 4.62. The molecule has 0 saturated carbocycles. The first-order valence-electron chi connectivity index (χ1n) is 9.06. The van der Waals surface area contributed by atoms with Crippen LogP contribution in [0.1, 0.15) is 17.5 Å². The van der Waals surface area contributed by atoms with E-state index in [1.165, 1.54) is 32.9 Å². The molecule has 29 heavy (non-hydrogen) atoms. The third-order valence-electron chi connectivity index (χ3n) is 4.95. The minimum atomic E-state index is -3.73. The molecule has 6 nitrogen and oxygen atoms in total. The van der Waals surface area contributed by atoms with Crippen molar-refractivity contribution >= 4 is 43.2 Å². The van der Waals surface area contributed by atoms with Crippen molar-refractivity contribution in [1.29, 1.82) is 0 Å². The van der Waals surface area contributed by atoms with Gasteiger partial charge in [0.25, 0.3) is 0 Å². The summed E-state index contributed by atoms with van der Waals surface area (Å²) in [5, 5.41) is 0.991. The Morgan fingerprint density at radius 3 is 1.41 bits per heavy atom. The number of halogens is 2. The van der Waals surface area contributed by atoms with Crippen molar-refractivity contribution in [3.63, 3.8) is 0 Å². The van der Waals surface area contributed by atoms with Crippen LogP contribution in [-0.4, -0.2) is 51.6 Å². The minimum Gasteiger partial charge on any atom is -0.207 e. The zero-order valence-electron chi connectivity index (χ0n) is 16.1. The van der Waals surface area contributed by atoms with E-state index in [1.54, 1.807) is 26.0 Å². The summed E-state index contributed by atoms with van der Waals surface area (Å²) in [6.07, 6.45) is 0.400. The smallest absolute Gasteiger partial charge is 0.207 e. The maximum Gasteiger partial charge on any atom is 0.243 e. The summed E-state index contributed by atoms with van der Waals surface area (Å²) >= 11 is 12.0. The predicted molar refractivity (Wildman–Crippen MR) is 115 cm³/mol. The number of rotatable bonds is 4. The maximum atomic E-state index is 13.0. The quantitative estimate of drug-likeness (QED) is 0.673. The molecule has 0 bridgehead atoms. The summed E-state index contributed by atoms with van der Waals surface area (Å²) in [5.74, 6) is 0. The van der Waals surface area contributed by atoms with Gasteiger partial charge in [0.05, 0.1) is 9.79 Å². The van der Waals surface area contributed by atoms with E-state index >= 15 is 0 Å². The highest BCUT2D eigenvalue weighted by Gasteiger charge is 2.32. The molecule has 0 aromatic heterocycles. The Kier molecular flexibility index (Phi) is 6.62. The van der Waals surface area contributed by atoms with Crippen molar-refractivity contribution in [2.75, 3.05) is 26.2 Å². The molecule has 1 saturated heterocycles. The van der Waals surface area contributed by atoms with Crippen molar-refractivity contribution in [3.05, 3.63) is 57.6 Å². The zero-order valence-corrected chi connectivity index (χ0v) is 19.2. The molecular weight excluding hydrogens is 455 g/mol. The molecule has 1 fully saturated rings. The molecule has 3 rings (SSSR count). The Hall–Kier alpha value is -1.16. The van der Waals surface area contributed by atoms with Crippen LogP contribution in [0.2, 0.25) is 10.0 Å². The van der Waals surface area contributed by atoms with Crippen molar-refractivity contribution < 1.29 is 16.8 Å². The summed E-state index contributed by atoms with van der Waals surface area (Å²) in [6.45, 7) is 4.13. The lowest BCUT2D eigenvalue weighted by atomic mass is 10.2. The van der Waals surface area contributed by atoms with E-state index in [9.17, 15) is 16.8 Å². The lowest BCUT2D eigenvalue weighted by molar-refractivity contribution is 0.404. The second-order valence-electron chi connectivity index (χ2n) is 6.98. The molecule has 1 heterocycles. The molecular formula is C19H22Cl2N2O4S2. The topological polar surface area (TPSA) is 74.8 Å². The highest BCUT2D eigenvalue weighted by molar-refractivity contribution is 7.89. The van der Waals surface area contributed by atoms with Gasteiger partial charge in [0, 0.05) is 36.2 Å². The summed E-state index contributed by atoms with van der Waals surface area (Å²) in [4.78, 5) is 0.313. The van der Waals surface area contributed by atoms with Crippen LogP contribution in [0.3, 0.4) is 0 Å². The average molecular weight is 477 g/mol. The number of aryl methyl sites for hydroxylation is 2. The lowest BCUT2D eigenvalue weighted by Gasteiger charge is -2.22. The van der Waals surface area contributed by atoms with Crippen LogP contribution < -0.4 is 0 Å². The van der Waals surface area contributed by atoms with Crippen LogP contribution in [0.4, 0.5) is 0 Å². The van der Waals surface area contributed by atoms with Crippen LogP contribution in [-0.2, 0) is 20.0 Å². The van der Waals surface area contributed by atoms with Crippen LogP contribution in [0, 0.1) is 13.8 Å². The Morgan fingerprint density at radius 2 is 1.07 bits per heavy atom. The minimum absolute atomic E-state index is 0.0792. The highest BCUT2D eigenvalue weighted by Crippen LogP contribution is 2.26. The molecule has 0 spiro atoms. The fourth-order valence-corrected chi connectivity index (χ4v) is 6.55. The zero-order chi connectivity index (χ0) is 21.4. The lowest BCUT2D eigenvalue weighted by Crippen LogP contribution is -2.37. The molecule has 10 heteroatoms. The first-order chi connectivity index (χ1) is 13.5. The molecule has 0 aliphatic carbocycles. The summed E-state index contributed by atoms with van der Waals surface area (Å²) in [6, 6.07) is 9.13. The van der Waals surface area contributed by atoms with E-state index in [1.807, 2.05) is 0 Å². The number of benzene rings is 2. The van der Waals surface area contributed by atoms with Gasteiger partial charge < -0.3 is 0 Å². The number of hydrogen-bond donors (Lipinski definition) is 0. The molecule has 0 N–H and O–H groups in total. The number of hydrogen-bond acceptors (Lipinski definition) is 4. The van der Waals surface area contributed by atoms with Gasteiger partial charge in [-0.25, -0.2) is 16.8 Å². The van der Waals surface area contributed by atoms with Gasteiger partial charge in [-0.05, 0) is 67.8 Å². The van der Waals surface area contributed by atoms with Crippen LogP contribution in [0.25, 0.3) is 0 Å². The van der Waals surface area contributed by atoms with Crippen molar-refractivity contribution in [2.24, 2.45) is 0 Å². The van der Waals surface area contributed by atoms with E-state index < -0.39 is 20.0 Å². The molecule has 0 atom stereocenters. The fraction of sp³-hybridized carbons (Fsp3) is 0.368. The molecule has 2 aromatic rings. The van der Waals surface area contributed by atoms with Gasteiger partial charge in [0.2, 0.25) is 20.0 Å². The molecule has 1 aliphatic heterocycles. The molecule has 2 aromatic carbocycles. The van der Waals surface area contributed by atoms with Gasteiger partial charge in [0.15, 0.2) is 0 Å². The highest BCUT2D eigenvalue weighted by atomic mass is 35.5. The first-order valence-corrected chi connectivity index (χ1v) is 12.7. The summed E-state index contributed by atoms with van der Waals surface area (Å²) in [7, 11) is -7.47. The third-order valence-corrected chi connectivity index (χ3v) is 9.59. The van der Waals surface area contributed by atoms with Crippen molar-refractivity contribution in [2.45, 2.75) is 30.1 Å². The molecule has 1 aliphatic rings. The predicted octanol–water partition coefficient (Wildman–Crippen LogP) is 3.70. The average Bonchev–Trinajstić information content (AvgIpc) is 2.93. The van der Waals surface area contributed by atoms with Crippen molar-refractivity contribution in [3.8, 4) is 0 Å². The van der Waals surface area contributed by atoms with Gasteiger partial charge in [-0.15, -0.1) is 0 Å². The van der Waals surface area contributed by atoms with Crippen LogP contribution in [0.15, 0.2) is 46.2 Å². The van der Waals surface area contributed by atoms with Gasteiger partial charge in [0.1, 0.15) is 0 Å². The largest absolute Gasteiger partial charge is 0.243 e. The Labute approximate surface area is 182 Å². The second-order valence-corrected chi connectivity index (χ2v) is 11.7. The summed E-state index contributed by atoms with van der Waals surface area (Å²) in [5.41, 5.74) is 1.34. The normalized spacial score (nSPS) is 17.2. The SMILES string of the molecule is Cc1cc(S(=O)(=O)N2CCCN(S(=O)(=O)c3ccc(Cl)c(C)c3)CC2)ccc1Cl. The van der Waals surface area contributed by atoms with E-state index in [4.69, 9.17) is 23.2 Å². The number of nitrogens with zero attached hydrogens (tertiary/aromatic N) is 2. The van der Waals surface area contributed by atoms with E-state index in [0.717, 1.165) is 0 Å². The molecule has 0 unspecified atom stereocenters.